The second-order valence-corrected chi connectivity index (χ2v) is 7.02. The number of thioether (sulfide) groups is 1. The average Bonchev–Trinajstić information content (AvgIpc) is 3.15. The van der Waals surface area contributed by atoms with Gasteiger partial charge in [0.2, 0.25) is 11.1 Å². The van der Waals surface area contributed by atoms with Crippen molar-refractivity contribution >= 4 is 17.7 Å². The van der Waals surface area contributed by atoms with E-state index in [4.69, 9.17) is 4.74 Å². The van der Waals surface area contributed by atoms with E-state index in [0.717, 1.165) is 11.3 Å². The van der Waals surface area contributed by atoms with Crippen LogP contribution in [-0.4, -0.2) is 43.6 Å². The molecular weight excluding hydrogens is 366 g/mol. The normalized spacial score (nSPS) is 11.8. The molecule has 1 amide bonds. The van der Waals surface area contributed by atoms with Gasteiger partial charge in [-0.15, -0.1) is 5.10 Å². The number of ether oxygens (including phenoxy) is 1. The molecule has 3 aromatic rings. The molecular formula is C18H19N5O3S. The highest BCUT2D eigenvalue weighted by molar-refractivity contribution is 8.00. The number of carbonyl (C=O) groups is 1. The molecule has 0 spiro atoms. The van der Waals surface area contributed by atoms with Crippen LogP contribution < -0.4 is 10.1 Å². The number of amides is 1. The van der Waals surface area contributed by atoms with Crippen LogP contribution in [0.4, 0.5) is 0 Å². The van der Waals surface area contributed by atoms with Crippen LogP contribution in [0, 0.1) is 0 Å². The van der Waals surface area contributed by atoms with E-state index < -0.39 is 0 Å². The summed E-state index contributed by atoms with van der Waals surface area (Å²) in [5.41, 5.74) is 1.68. The van der Waals surface area contributed by atoms with E-state index in [0.29, 0.717) is 17.4 Å². The first kappa shape index (κ1) is 18.7. The molecule has 3 rings (SSSR count). The number of aromatic hydroxyl groups is 1. The number of phenols is 1. The zero-order valence-corrected chi connectivity index (χ0v) is 15.7. The van der Waals surface area contributed by atoms with E-state index in [9.17, 15) is 9.90 Å². The topological polar surface area (TPSA) is 102 Å². The summed E-state index contributed by atoms with van der Waals surface area (Å²) in [6, 6.07) is 14.0. The Hall–Kier alpha value is -3.07. The number of benzene rings is 2. The van der Waals surface area contributed by atoms with Gasteiger partial charge in [0.1, 0.15) is 11.5 Å². The maximum Gasteiger partial charge on any atom is 0.233 e. The molecule has 8 nitrogen and oxygen atoms in total. The van der Waals surface area contributed by atoms with Crippen molar-refractivity contribution in [3.05, 3.63) is 54.1 Å². The fourth-order valence-corrected chi connectivity index (χ4v) is 3.13. The summed E-state index contributed by atoms with van der Waals surface area (Å²) in [7, 11) is 1.61. The molecule has 0 radical (unpaired) electrons. The summed E-state index contributed by atoms with van der Waals surface area (Å²) in [5, 5.41) is 24.0. The number of phenolic OH excluding ortho intramolecular Hbond substituents is 1. The minimum atomic E-state index is -0.384. The van der Waals surface area contributed by atoms with Crippen molar-refractivity contribution in [2.45, 2.75) is 23.9 Å². The molecule has 0 saturated heterocycles. The molecule has 0 aliphatic heterocycles. The van der Waals surface area contributed by atoms with E-state index in [1.54, 1.807) is 38.3 Å². The maximum atomic E-state index is 12.4. The molecule has 1 atom stereocenters. The smallest absolute Gasteiger partial charge is 0.233 e. The quantitative estimate of drug-likeness (QED) is 0.601. The molecule has 9 heteroatoms. The van der Waals surface area contributed by atoms with Gasteiger partial charge in [0, 0.05) is 6.54 Å². The van der Waals surface area contributed by atoms with Gasteiger partial charge in [-0.25, -0.2) is 0 Å². The van der Waals surface area contributed by atoms with Crippen LogP contribution in [0.25, 0.3) is 5.69 Å². The third kappa shape index (κ3) is 4.76. The van der Waals surface area contributed by atoms with Gasteiger partial charge in [0.05, 0.1) is 18.0 Å². The van der Waals surface area contributed by atoms with Crippen LogP contribution in [-0.2, 0) is 11.3 Å². The predicted molar refractivity (Wildman–Crippen MR) is 101 cm³/mol. The van der Waals surface area contributed by atoms with Crippen molar-refractivity contribution in [2.75, 3.05) is 7.11 Å². The highest BCUT2D eigenvalue weighted by Gasteiger charge is 2.19. The Morgan fingerprint density at radius 1 is 1.22 bits per heavy atom. The van der Waals surface area contributed by atoms with Gasteiger partial charge in [-0.1, -0.05) is 23.9 Å². The van der Waals surface area contributed by atoms with Gasteiger partial charge in [0.15, 0.2) is 0 Å². The average molecular weight is 385 g/mol. The zero-order valence-electron chi connectivity index (χ0n) is 14.9. The summed E-state index contributed by atoms with van der Waals surface area (Å²) in [6.07, 6.45) is 0. The van der Waals surface area contributed by atoms with Gasteiger partial charge in [0.25, 0.3) is 0 Å². The molecule has 0 aliphatic rings. The molecule has 2 N–H and O–H groups in total. The Morgan fingerprint density at radius 3 is 2.59 bits per heavy atom. The van der Waals surface area contributed by atoms with Crippen LogP contribution in [0.2, 0.25) is 0 Å². The fourth-order valence-electron chi connectivity index (χ4n) is 2.30. The summed E-state index contributed by atoms with van der Waals surface area (Å²) in [5.74, 6) is 0.818. The number of carbonyl (C=O) groups excluding carboxylic acids is 1. The molecule has 0 aliphatic carbocycles. The van der Waals surface area contributed by atoms with Crippen molar-refractivity contribution in [3.63, 3.8) is 0 Å². The SMILES string of the molecule is COc1ccc(CNC(=O)[C@@H](C)Sc2nnnn2-c2ccc(O)cc2)cc1. The minimum absolute atomic E-state index is 0.115. The number of nitrogens with one attached hydrogen (secondary N) is 1. The largest absolute Gasteiger partial charge is 0.508 e. The number of tetrazole rings is 1. The van der Waals surface area contributed by atoms with Gasteiger partial charge in [-0.3, -0.25) is 4.79 Å². The minimum Gasteiger partial charge on any atom is -0.508 e. The Balaban J connectivity index is 1.60. The van der Waals surface area contributed by atoms with Crippen LogP contribution >= 0.6 is 11.8 Å². The van der Waals surface area contributed by atoms with Crippen molar-refractivity contribution in [1.82, 2.24) is 25.5 Å². The Bertz CT molecular complexity index is 896. The Morgan fingerprint density at radius 2 is 1.93 bits per heavy atom. The number of nitrogens with zero attached hydrogens (tertiary/aromatic N) is 4. The monoisotopic (exact) mass is 385 g/mol. The summed E-state index contributed by atoms with van der Waals surface area (Å²) in [4.78, 5) is 12.4. The van der Waals surface area contributed by atoms with Crippen LogP contribution in [0.5, 0.6) is 11.5 Å². The van der Waals surface area contributed by atoms with Crippen molar-refractivity contribution < 1.29 is 14.6 Å². The molecule has 0 unspecified atom stereocenters. The molecule has 0 saturated carbocycles. The Kier molecular flexibility index (Phi) is 5.92. The Labute approximate surface area is 160 Å². The number of methoxy groups -OCH3 is 1. The molecule has 1 heterocycles. The summed E-state index contributed by atoms with van der Waals surface area (Å²) < 4.78 is 6.65. The second-order valence-electron chi connectivity index (χ2n) is 5.72. The van der Waals surface area contributed by atoms with E-state index in [-0.39, 0.29) is 16.9 Å². The lowest BCUT2D eigenvalue weighted by molar-refractivity contribution is -0.120. The van der Waals surface area contributed by atoms with Gasteiger partial charge in [-0.05, 0) is 59.3 Å². The van der Waals surface area contributed by atoms with E-state index in [2.05, 4.69) is 20.8 Å². The molecule has 0 fully saturated rings. The third-order valence-corrected chi connectivity index (χ3v) is 4.85. The standard InChI is InChI=1S/C18H19N5O3S/c1-12(17(25)19-11-13-3-9-16(26-2)10-4-13)27-18-20-21-22-23(18)14-5-7-15(24)8-6-14/h3-10,12,24H,11H2,1-2H3,(H,19,25)/t12-/m1/s1. The summed E-state index contributed by atoms with van der Waals surface area (Å²) in [6.45, 7) is 2.22. The van der Waals surface area contributed by atoms with Crippen LogP contribution in [0.1, 0.15) is 12.5 Å². The second kappa shape index (κ2) is 8.54. The first-order chi connectivity index (χ1) is 13.1. The highest BCUT2D eigenvalue weighted by Crippen LogP contribution is 2.24. The van der Waals surface area contributed by atoms with Crippen molar-refractivity contribution in [2.24, 2.45) is 0 Å². The predicted octanol–water partition coefficient (Wildman–Crippen LogP) is 2.17. The maximum absolute atomic E-state index is 12.4. The summed E-state index contributed by atoms with van der Waals surface area (Å²) >= 11 is 1.26. The highest BCUT2D eigenvalue weighted by atomic mass is 32.2. The third-order valence-electron chi connectivity index (χ3n) is 3.81. The fraction of sp³-hybridized carbons (Fsp3) is 0.222. The first-order valence-electron chi connectivity index (χ1n) is 8.22. The molecule has 140 valence electrons. The van der Waals surface area contributed by atoms with Gasteiger partial charge in [-0.2, -0.15) is 4.68 Å². The number of hydrogen-bond donors (Lipinski definition) is 2. The van der Waals surface area contributed by atoms with Crippen molar-refractivity contribution in [3.8, 4) is 17.2 Å². The van der Waals surface area contributed by atoms with E-state index in [1.807, 2.05) is 24.3 Å². The van der Waals surface area contributed by atoms with Crippen molar-refractivity contribution in [1.29, 1.82) is 0 Å². The first-order valence-corrected chi connectivity index (χ1v) is 9.10. The molecule has 2 aromatic carbocycles. The number of rotatable bonds is 7. The molecule has 27 heavy (non-hydrogen) atoms. The zero-order chi connectivity index (χ0) is 19.2. The number of aromatic nitrogens is 4. The molecule has 1 aromatic heterocycles. The number of hydrogen-bond acceptors (Lipinski definition) is 7. The van der Waals surface area contributed by atoms with E-state index >= 15 is 0 Å². The van der Waals surface area contributed by atoms with Crippen LogP contribution in [0.3, 0.4) is 0 Å². The van der Waals surface area contributed by atoms with Crippen LogP contribution in [0.15, 0.2) is 53.7 Å². The lowest BCUT2D eigenvalue weighted by atomic mass is 10.2. The van der Waals surface area contributed by atoms with E-state index in [1.165, 1.54) is 16.4 Å². The lowest BCUT2D eigenvalue weighted by Crippen LogP contribution is -2.30. The molecule has 0 bridgehead atoms. The lowest BCUT2D eigenvalue weighted by Gasteiger charge is -2.12. The van der Waals surface area contributed by atoms with Gasteiger partial charge < -0.3 is 15.2 Å². The van der Waals surface area contributed by atoms with Gasteiger partial charge >= 0.3 is 0 Å².